The largest absolute Gasteiger partial charge is 0.480 e. The van der Waals surface area contributed by atoms with E-state index in [1.54, 1.807) is 11.8 Å². The number of amides is 2. The Morgan fingerprint density at radius 2 is 2.05 bits per heavy atom. The zero-order chi connectivity index (χ0) is 14.3. The molecule has 0 unspecified atom stereocenters. The summed E-state index contributed by atoms with van der Waals surface area (Å²) in [6.07, 6.45) is 6.82. The monoisotopic (exact) mass is 288 g/mol. The predicted octanol–water partition coefficient (Wildman–Crippen LogP) is 2.07. The van der Waals surface area contributed by atoms with Crippen LogP contribution in [0.1, 0.15) is 39.0 Å². The Morgan fingerprint density at radius 3 is 2.63 bits per heavy atom. The molecule has 0 aromatic carbocycles. The summed E-state index contributed by atoms with van der Waals surface area (Å²) in [6, 6.07) is -0.984. The molecule has 0 saturated heterocycles. The first-order valence-corrected chi connectivity index (χ1v) is 8.22. The highest BCUT2D eigenvalue weighted by Gasteiger charge is 2.25. The van der Waals surface area contributed by atoms with Gasteiger partial charge >= 0.3 is 12.0 Å². The third kappa shape index (κ3) is 5.72. The standard InChI is InChI=1S/C13H24N2O3S/c1-9-5-3-4-6-10(9)14-13(18)15-11(12(16)17)7-8-19-2/h9-11H,3-8H2,1-2H3,(H,16,17)(H2,14,15,18)/t9-,10-,11-/m1/s1. The molecule has 1 rings (SSSR count). The zero-order valence-electron chi connectivity index (χ0n) is 11.6. The minimum absolute atomic E-state index is 0.170. The Morgan fingerprint density at radius 1 is 1.37 bits per heavy atom. The molecule has 1 aliphatic carbocycles. The van der Waals surface area contributed by atoms with Crippen molar-refractivity contribution in [2.45, 2.75) is 51.1 Å². The molecular formula is C13H24N2O3S. The quantitative estimate of drug-likeness (QED) is 0.699. The van der Waals surface area contributed by atoms with E-state index in [4.69, 9.17) is 5.11 Å². The number of thioether (sulfide) groups is 1. The third-order valence-corrected chi connectivity index (χ3v) is 4.29. The SMILES string of the molecule is CSCC[C@@H](NC(=O)N[C@@H]1CCCC[C@H]1C)C(=O)O. The summed E-state index contributed by atoms with van der Waals surface area (Å²) < 4.78 is 0. The second-order valence-electron chi connectivity index (χ2n) is 5.16. The lowest BCUT2D eigenvalue weighted by Crippen LogP contribution is -2.51. The highest BCUT2D eigenvalue weighted by molar-refractivity contribution is 7.98. The molecule has 19 heavy (non-hydrogen) atoms. The molecule has 3 N–H and O–H groups in total. The van der Waals surface area contributed by atoms with Crippen LogP contribution in [0.3, 0.4) is 0 Å². The molecule has 3 atom stereocenters. The van der Waals surface area contributed by atoms with Gasteiger partial charge in [0.15, 0.2) is 0 Å². The van der Waals surface area contributed by atoms with Crippen molar-refractivity contribution in [1.29, 1.82) is 0 Å². The normalized spacial score (nSPS) is 24.5. The Bertz CT molecular complexity index is 312. The summed E-state index contributed by atoms with van der Waals surface area (Å²) in [5, 5.41) is 14.5. The van der Waals surface area contributed by atoms with E-state index >= 15 is 0 Å². The highest BCUT2D eigenvalue weighted by Crippen LogP contribution is 2.23. The van der Waals surface area contributed by atoms with Crippen molar-refractivity contribution >= 4 is 23.8 Å². The van der Waals surface area contributed by atoms with Crippen LogP contribution >= 0.6 is 11.8 Å². The summed E-state index contributed by atoms with van der Waals surface area (Å²) >= 11 is 1.58. The van der Waals surface area contributed by atoms with E-state index in [1.807, 2.05) is 6.26 Å². The molecule has 2 amide bonds. The number of urea groups is 1. The molecular weight excluding hydrogens is 264 g/mol. The Kier molecular flexibility index (Phi) is 7.05. The van der Waals surface area contributed by atoms with Gasteiger partial charge in [-0.2, -0.15) is 11.8 Å². The number of hydrogen-bond donors (Lipinski definition) is 3. The van der Waals surface area contributed by atoms with Gasteiger partial charge in [0.2, 0.25) is 0 Å². The summed E-state index contributed by atoms with van der Waals surface area (Å²) in [5.74, 6) is 0.215. The minimum atomic E-state index is -0.971. The van der Waals surface area contributed by atoms with E-state index in [0.717, 1.165) is 25.0 Å². The van der Waals surface area contributed by atoms with Crippen molar-refractivity contribution in [1.82, 2.24) is 10.6 Å². The molecule has 1 fully saturated rings. The summed E-state index contributed by atoms with van der Waals surface area (Å²) in [6.45, 7) is 2.13. The van der Waals surface area contributed by atoms with Gasteiger partial charge in [-0.05, 0) is 37.2 Å². The van der Waals surface area contributed by atoms with Gasteiger partial charge in [-0.3, -0.25) is 0 Å². The van der Waals surface area contributed by atoms with Gasteiger partial charge in [0.25, 0.3) is 0 Å². The first-order chi connectivity index (χ1) is 9.04. The summed E-state index contributed by atoms with van der Waals surface area (Å²) in [4.78, 5) is 22.9. The summed E-state index contributed by atoms with van der Waals surface area (Å²) in [5.41, 5.74) is 0. The first-order valence-electron chi connectivity index (χ1n) is 6.83. The van der Waals surface area contributed by atoms with Crippen LogP contribution in [0, 0.1) is 5.92 Å². The lowest BCUT2D eigenvalue weighted by molar-refractivity contribution is -0.139. The number of rotatable bonds is 6. The van der Waals surface area contributed by atoms with Crippen molar-refractivity contribution in [3.8, 4) is 0 Å². The topological polar surface area (TPSA) is 78.4 Å². The lowest BCUT2D eigenvalue weighted by Gasteiger charge is -2.30. The van der Waals surface area contributed by atoms with Crippen molar-refractivity contribution in [3.05, 3.63) is 0 Å². The van der Waals surface area contributed by atoms with Crippen LogP contribution in [-0.2, 0) is 4.79 Å². The molecule has 5 nitrogen and oxygen atoms in total. The van der Waals surface area contributed by atoms with Gasteiger partial charge in [0.05, 0.1) is 0 Å². The molecule has 0 aliphatic heterocycles. The minimum Gasteiger partial charge on any atom is -0.480 e. The van der Waals surface area contributed by atoms with E-state index in [0.29, 0.717) is 12.3 Å². The average molecular weight is 288 g/mol. The van der Waals surface area contributed by atoms with Crippen LogP contribution in [0.2, 0.25) is 0 Å². The third-order valence-electron chi connectivity index (χ3n) is 3.64. The van der Waals surface area contributed by atoms with Crippen molar-refractivity contribution in [2.24, 2.45) is 5.92 Å². The van der Waals surface area contributed by atoms with Crippen LogP contribution in [0.25, 0.3) is 0 Å². The molecule has 1 saturated carbocycles. The molecule has 1 aliphatic rings. The molecule has 0 spiro atoms. The fourth-order valence-electron chi connectivity index (χ4n) is 2.39. The van der Waals surface area contributed by atoms with E-state index in [1.165, 1.54) is 6.42 Å². The molecule has 0 aromatic heterocycles. The van der Waals surface area contributed by atoms with E-state index in [9.17, 15) is 9.59 Å². The maximum Gasteiger partial charge on any atom is 0.326 e. The molecule has 0 radical (unpaired) electrons. The van der Waals surface area contributed by atoms with E-state index in [-0.39, 0.29) is 12.1 Å². The Hall–Kier alpha value is -0.910. The molecule has 6 heteroatoms. The van der Waals surface area contributed by atoms with Gasteiger partial charge < -0.3 is 15.7 Å². The van der Waals surface area contributed by atoms with Gasteiger partial charge in [-0.1, -0.05) is 19.8 Å². The van der Waals surface area contributed by atoms with Crippen LogP contribution in [0.15, 0.2) is 0 Å². The van der Waals surface area contributed by atoms with Gasteiger partial charge in [0, 0.05) is 6.04 Å². The predicted molar refractivity (Wildman–Crippen MR) is 77.5 cm³/mol. The van der Waals surface area contributed by atoms with Gasteiger partial charge in [-0.25, -0.2) is 9.59 Å². The fourth-order valence-corrected chi connectivity index (χ4v) is 2.86. The van der Waals surface area contributed by atoms with Gasteiger partial charge in [-0.15, -0.1) is 0 Å². The lowest BCUT2D eigenvalue weighted by atomic mass is 9.86. The van der Waals surface area contributed by atoms with Gasteiger partial charge in [0.1, 0.15) is 6.04 Å². The Balaban J connectivity index is 2.40. The number of carboxylic acids is 1. The number of carboxylic acid groups (broad SMARTS) is 1. The van der Waals surface area contributed by atoms with Crippen LogP contribution in [-0.4, -0.2) is 41.2 Å². The molecule has 0 heterocycles. The number of aliphatic carboxylic acids is 1. The van der Waals surface area contributed by atoms with Crippen molar-refractivity contribution in [3.63, 3.8) is 0 Å². The van der Waals surface area contributed by atoms with Crippen molar-refractivity contribution < 1.29 is 14.7 Å². The molecule has 110 valence electrons. The number of carbonyl (C=O) groups excluding carboxylic acids is 1. The van der Waals surface area contributed by atoms with E-state index < -0.39 is 12.0 Å². The van der Waals surface area contributed by atoms with Crippen LogP contribution < -0.4 is 10.6 Å². The second kappa shape index (κ2) is 8.30. The molecule has 0 aromatic rings. The Labute approximate surface area is 118 Å². The van der Waals surface area contributed by atoms with Crippen molar-refractivity contribution in [2.75, 3.05) is 12.0 Å². The highest BCUT2D eigenvalue weighted by atomic mass is 32.2. The number of nitrogens with one attached hydrogen (secondary N) is 2. The number of carbonyl (C=O) groups is 2. The summed E-state index contributed by atoms with van der Waals surface area (Å²) in [7, 11) is 0. The second-order valence-corrected chi connectivity index (χ2v) is 6.14. The number of hydrogen-bond acceptors (Lipinski definition) is 3. The first kappa shape index (κ1) is 16.1. The van der Waals surface area contributed by atoms with Crippen LogP contribution in [0.4, 0.5) is 4.79 Å². The zero-order valence-corrected chi connectivity index (χ0v) is 12.5. The molecule has 0 bridgehead atoms. The maximum atomic E-state index is 11.8. The van der Waals surface area contributed by atoms with E-state index in [2.05, 4.69) is 17.6 Å². The smallest absolute Gasteiger partial charge is 0.326 e. The van der Waals surface area contributed by atoms with Crippen LogP contribution in [0.5, 0.6) is 0 Å². The average Bonchev–Trinajstić information content (AvgIpc) is 2.37. The maximum absolute atomic E-state index is 11.8. The fraction of sp³-hybridized carbons (Fsp3) is 0.846.